The van der Waals surface area contributed by atoms with Crippen LogP contribution in [0, 0.1) is 0 Å². The van der Waals surface area contributed by atoms with E-state index in [-0.39, 0.29) is 0 Å². The molecule has 0 fully saturated rings. The molecule has 0 aliphatic heterocycles. The number of anilines is 6. The summed E-state index contributed by atoms with van der Waals surface area (Å²) in [7, 11) is 0. The summed E-state index contributed by atoms with van der Waals surface area (Å²) in [5.74, 6) is 0. The summed E-state index contributed by atoms with van der Waals surface area (Å²) in [4.78, 5) is 4.75. The topological polar surface area (TPSA) is 19.6 Å². The smallest absolute Gasteiger partial charge is 0.143 e. The Morgan fingerprint density at radius 2 is 0.815 bits per heavy atom. The van der Waals surface area contributed by atoms with Crippen molar-refractivity contribution in [2.45, 2.75) is 0 Å². The summed E-state index contributed by atoms with van der Waals surface area (Å²) in [5.41, 5.74) is 14.9. The highest BCUT2D eigenvalue weighted by atomic mass is 16.3. The van der Waals surface area contributed by atoms with Gasteiger partial charge in [0, 0.05) is 39.6 Å². The fourth-order valence-corrected chi connectivity index (χ4v) is 9.59. The highest BCUT2D eigenvalue weighted by Gasteiger charge is 2.25. The Morgan fingerprint density at radius 1 is 0.277 bits per heavy atom. The van der Waals surface area contributed by atoms with E-state index in [4.69, 9.17) is 4.42 Å². The first-order chi connectivity index (χ1) is 32.2. The van der Waals surface area contributed by atoms with Gasteiger partial charge in [-0.2, -0.15) is 0 Å². The molecule has 0 N–H and O–H groups in total. The Kier molecular flexibility index (Phi) is 9.50. The summed E-state index contributed by atoms with van der Waals surface area (Å²) in [6, 6.07) is 91.3. The molecule has 0 atom stereocenters. The van der Waals surface area contributed by atoms with Crippen molar-refractivity contribution in [1.82, 2.24) is 0 Å². The second-order valence-corrected chi connectivity index (χ2v) is 16.5. The number of benzene rings is 11. The monoisotopic (exact) mass is 830 g/mol. The normalized spacial score (nSPS) is 11.4. The molecule has 0 saturated heterocycles. The first kappa shape index (κ1) is 38.0. The lowest BCUT2D eigenvalue weighted by atomic mass is 9.90. The number of nitrogens with zero attached hydrogens (tertiary/aromatic N) is 2. The van der Waals surface area contributed by atoms with Crippen LogP contribution in [0.1, 0.15) is 0 Å². The first-order valence-corrected chi connectivity index (χ1v) is 22.2. The van der Waals surface area contributed by atoms with Crippen LogP contribution >= 0.6 is 0 Å². The Labute approximate surface area is 378 Å². The van der Waals surface area contributed by atoms with Crippen LogP contribution in [0.15, 0.2) is 259 Å². The van der Waals surface area contributed by atoms with E-state index in [2.05, 4.69) is 265 Å². The molecule has 3 heteroatoms. The van der Waals surface area contributed by atoms with E-state index in [1.54, 1.807) is 0 Å². The summed E-state index contributed by atoms with van der Waals surface area (Å²) in [6.07, 6.45) is 0. The number of hydrogen-bond acceptors (Lipinski definition) is 3. The number of rotatable bonds is 9. The molecule has 0 radical (unpaired) electrons. The fraction of sp³-hybridized carbons (Fsp3) is 0. The second-order valence-electron chi connectivity index (χ2n) is 16.5. The largest absolute Gasteiger partial charge is 0.455 e. The Morgan fingerprint density at radius 3 is 1.52 bits per heavy atom. The Bertz CT molecular complexity index is 3630. The van der Waals surface area contributed by atoms with Crippen LogP contribution < -0.4 is 9.80 Å². The predicted molar refractivity (Wildman–Crippen MR) is 274 cm³/mol. The maximum Gasteiger partial charge on any atom is 0.143 e. The zero-order valence-electron chi connectivity index (χ0n) is 35.6. The average Bonchev–Trinajstić information content (AvgIpc) is 3.77. The molecular formula is C62H42N2O. The van der Waals surface area contributed by atoms with Crippen LogP contribution in [0.2, 0.25) is 0 Å². The van der Waals surface area contributed by atoms with Gasteiger partial charge < -0.3 is 14.2 Å². The molecular weight excluding hydrogens is 789 g/mol. The third-order valence-corrected chi connectivity index (χ3v) is 12.6. The molecule has 0 unspecified atom stereocenters. The SMILES string of the molecule is c1ccc(-c2ccc(N(c3ccccc3)c3cc(N(c4ccccc4)c4ccc(-c5cccc6ccccc56)c(-c5ccccc5)c4)cc4oc5c6ccccc6ccc5c34)cc2)cc1. The molecule has 306 valence electrons. The van der Waals surface area contributed by atoms with Crippen molar-refractivity contribution >= 4 is 77.6 Å². The molecule has 3 nitrogen and oxygen atoms in total. The number of furan rings is 1. The highest BCUT2D eigenvalue weighted by Crippen LogP contribution is 2.49. The van der Waals surface area contributed by atoms with Crippen molar-refractivity contribution in [2.24, 2.45) is 0 Å². The quantitative estimate of drug-likeness (QED) is 0.144. The predicted octanol–water partition coefficient (Wildman–Crippen LogP) is 17.8. The maximum atomic E-state index is 7.13. The van der Waals surface area contributed by atoms with Crippen LogP contribution in [0.25, 0.3) is 76.9 Å². The van der Waals surface area contributed by atoms with Gasteiger partial charge in [0.1, 0.15) is 11.2 Å². The van der Waals surface area contributed by atoms with Gasteiger partial charge in [-0.1, -0.05) is 188 Å². The Hall–Kier alpha value is -8.66. The van der Waals surface area contributed by atoms with E-state index in [9.17, 15) is 0 Å². The molecule has 0 saturated carbocycles. The molecule has 0 aliphatic carbocycles. The van der Waals surface area contributed by atoms with E-state index in [0.29, 0.717) is 0 Å². The van der Waals surface area contributed by atoms with Crippen molar-refractivity contribution < 1.29 is 4.42 Å². The standard InChI is InChI=1S/C62H42N2O/c1-5-18-43(19-6-1)44-32-35-50(36-33-44)64(49-27-11-4-12-28-49)59-41-52(42-60-61(59)57-38-34-47-23-14-16-30-54(47)62(57)65-60)63(48-25-9-3-10-26-48)51-37-39-56(58(40-51)46-20-7-2-8-21-46)55-31-17-24-45-22-13-15-29-53(45)55/h1-42H. The second kappa shape index (κ2) is 16.2. The van der Waals surface area contributed by atoms with E-state index >= 15 is 0 Å². The van der Waals surface area contributed by atoms with Crippen LogP contribution in [-0.2, 0) is 0 Å². The summed E-state index contributed by atoms with van der Waals surface area (Å²) >= 11 is 0. The molecule has 0 spiro atoms. The van der Waals surface area contributed by atoms with Gasteiger partial charge in [0.15, 0.2) is 0 Å². The molecule has 0 amide bonds. The van der Waals surface area contributed by atoms with Gasteiger partial charge in [-0.15, -0.1) is 0 Å². The summed E-state index contributed by atoms with van der Waals surface area (Å²) in [6.45, 7) is 0. The van der Waals surface area contributed by atoms with Crippen LogP contribution in [0.3, 0.4) is 0 Å². The number of fused-ring (bicyclic) bond motifs is 6. The highest BCUT2D eigenvalue weighted by molar-refractivity contribution is 6.20. The fourth-order valence-electron chi connectivity index (χ4n) is 9.59. The minimum Gasteiger partial charge on any atom is -0.455 e. The lowest BCUT2D eigenvalue weighted by Crippen LogP contribution is -2.13. The first-order valence-electron chi connectivity index (χ1n) is 22.2. The molecule has 12 aromatic rings. The third kappa shape index (κ3) is 6.87. The number of para-hydroxylation sites is 2. The van der Waals surface area contributed by atoms with Crippen molar-refractivity contribution in [2.75, 3.05) is 9.80 Å². The molecule has 0 aliphatic rings. The van der Waals surface area contributed by atoms with Gasteiger partial charge in [0.2, 0.25) is 0 Å². The van der Waals surface area contributed by atoms with Crippen LogP contribution in [-0.4, -0.2) is 0 Å². The van der Waals surface area contributed by atoms with Gasteiger partial charge >= 0.3 is 0 Å². The molecule has 1 aromatic heterocycles. The zero-order chi connectivity index (χ0) is 43.1. The minimum atomic E-state index is 0.808. The average molecular weight is 831 g/mol. The third-order valence-electron chi connectivity index (χ3n) is 12.6. The van der Waals surface area contributed by atoms with Crippen molar-refractivity contribution in [3.63, 3.8) is 0 Å². The van der Waals surface area contributed by atoms with E-state index in [1.807, 2.05) is 0 Å². The van der Waals surface area contributed by atoms with Crippen LogP contribution in [0.5, 0.6) is 0 Å². The maximum absolute atomic E-state index is 7.13. The molecule has 12 rings (SSSR count). The lowest BCUT2D eigenvalue weighted by Gasteiger charge is -2.30. The molecule has 0 bridgehead atoms. The van der Waals surface area contributed by atoms with Crippen molar-refractivity contribution in [1.29, 1.82) is 0 Å². The minimum absolute atomic E-state index is 0.808. The van der Waals surface area contributed by atoms with Gasteiger partial charge in [-0.25, -0.2) is 0 Å². The number of hydrogen-bond donors (Lipinski definition) is 0. The van der Waals surface area contributed by atoms with Gasteiger partial charge in [-0.05, 0) is 110 Å². The molecule has 65 heavy (non-hydrogen) atoms. The van der Waals surface area contributed by atoms with E-state index < -0.39 is 0 Å². The Balaban J connectivity index is 1.13. The van der Waals surface area contributed by atoms with Crippen LogP contribution in [0.4, 0.5) is 34.1 Å². The zero-order valence-corrected chi connectivity index (χ0v) is 35.6. The van der Waals surface area contributed by atoms with Crippen molar-refractivity contribution in [3.8, 4) is 33.4 Å². The molecule has 11 aromatic carbocycles. The van der Waals surface area contributed by atoms with E-state index in [1.165, 1.54) is 27.5 Å². The van der Waals surface area contributed by atoms with Gasteiger partial charge in [-0.3, -0.25) is 0 Å². The lowest BCUT2D eigenvalue weighted by molar-refractivity contribution is 0.673. The van der Waals surface area contributed by atoms with Crippen molar-refractivity contribution in [3.05, 3.63) is 255 Å². The molecule has 1 heterocycles. The van der Waals surface area contributed by atoms with E-state index in [0.717, 1.165) is 83.5 Å². The summed E-state index contributed by atoms with van der Waals surface area (Å²) in [5, 5.41) is 6.79. The van der Waals surface area contributed by atoms with Gasteiger partial charge in [0.05, 0.1) is 16.8 Å². The summed E-state index contributed by atoms with van der Waals surface area (Å²) < 4.78 is 7.13. The van der Waals surface area contributed by atoms with Gasteiger partial charge in [0.25, 0.3) is 0 Å².